The van der Waals surface area contributed by atoms with Crippen LogP contribution in [0.4, 0.5) is 8.78 Å². The van der Waals surface area contributed by atoms with E-state index in [1.54, 1.807) is 6.20 Å². The van der Waals surface area contributed by atoms with Crippen LogP contribution in [0.5, 0.6) is 0 Å². The Morgan fingerprint density at radius 2 is 1.90 bits per heavy atom. The summed E-state index contributed by atoms with van der Waals surface area (Å²) in [4.78, 5) is 4.19. The van der Waals surface area contributed by atoms with Gasteiger partial charge in [-0.2, -0.15) is 0 Å². The predicted molar refractivity (Wildman–Crippen MR) is 72.0 cm³/mol. The highest BCUT2D eigenvalue weighted by molar-refractivity contribution is 5.23. The fourth-order valence-corrected chi connectivity index (χ4v) is 1.93. The molecular formula is C15H16F2N2O. The second kappa shape index (κ2) is 6.54. The van der Waals surface area contributed by atoms with Gasteiger partial charge in [0.1, 0.15) is 11.6 Å². The summed E-state index contributed by atoms with van der Waals surface area (Å²) in [6, 6.07) is 6.57. The molecule has 0 amide bonds. The third kappa shape index (κ3) is 3.37. The highest BCUT2D eigenvalue weighted by atomic mass is 19.1. The van der Waals surface area contributed by atoms with E-state index in [1.807, 2.05) is 19.1 Å². The fourth-order valence-electron chi connectivity index (χ4n) is 1.93. The van der Waals surface area contributed by atoms with Crippen molar-refractivity contribution in [3.8, 4) is 0 Å². The number of aryl methyl sites for hydroxylation is 1. The summed E-state index contributed by atoms with van der Waals surface area (Å²) in [5, 5.41) is 12.2. The average molecular weight is 278 g/mol. The lowest BCUT2D eigenvalue weighted by atomic mass is 10.1. The number of pyridine rings is 1. The van der Waals surface area contributed by atoms with Crippen molar-refractivity contribution in [1.82, 2.24) is 10.3 Å². The van der Waals surface area contributed by atoms with E-state index in [9.17, 15) is 13.9 Å². The summed E-state index contributed by atoms with van der Waals surface area (Å²) in [6.07, 6.45) is 1.72. The number of rotatable bonds is 5. The Morgan fingerprint density at radius 3 is 2.45 bits per heavy atom. The molecule has 0 bridgehead atoms. The monoisotopic (exact) mass is 278 g/mol. The molecule has 0 aliphatic heterocycles. The van der Waals surface area contributed by atoms with Crippen molar-refractivity contribution in [2.75, 3.05) is 6.61 Å². The van der Waals surface area contributed by atoms with Crippen LogP contribution in [0.25, 0.3) is 0 Å². The number of aliphatic hydroxyl groups excluding tert-OH is 1. The average Bonchev–Trinajstić information content (AvgIpc) is 2.44. The minimum Gasteiger partial charge on any atom is -0.394 e. The molecule has 20 heavy (non-hydrogen) atoms. The van der Waals surface area contributed by atoms with Gasteiger partial charge in [-0.15, -0.1) is 0 Å². The summed E-state index contributed by atoms with van der Waals surface area (Å²) >= 11 is 0. The first-order valence-electron chi connectivity index (χ1n) is 6.31. The summed E-state index contributed by atoms with van der Waals surface area (Å²) in [7, 11) is 0. The van der Waals surface area contributed by atoms with Crippen molar-refractivity contribution < 1.29 is 13.9 Å². The van der Waals surface area contributed by atoms with Crippen molar-refractivity contribution >= 4 is 0 Å². The second-order valence-corrected chi connectivity index (χ2v) is 4.58. The molecule has 0 radical (unpaired) electrons. The van der Waals surface area contributed by atoms with Gasteiger partial charge in [-0.1, -0.05) is 12.1 Å². The van der Waals surface area contributed by atoms with Gasteiger partial charge in [0.05, 0.1) is 18.3 Å². The molecule has 1 heterocycles. The lowest BCUT2D eigenvalue weighted by Gasteiger charge is -2.17. The number of aliphatic hydroxyl groups is 1. The Balaban J connectivity index is 2.11. The van der Waals surface area contributed by atoms with E-state index >= 15 is 0 Å². The van der Waals surface area contributed by atoms with Crippen LogP contribution in [-0.4, -0.2) is 16.7 Å². The van der Waals surface area contributed by atoms with Crippen LogP contribution in [0, 0.1) is 18.6 Å². The SMILES string of the molecule is Cc1ccc(CN[C@H](CO)c2c(F)cccc2F)nc1. The van der Waals surface area contributed by atoms with Crippen LogP contribution in [0.2, 0.25) is 0 Å². The van der Waals surface area contributed by atoms with Gasteiger partial charge in [-0.25, -0.2) is 8.78 Å². The Hall–Kier alpha value is -1.85. The number of nitrogens with one attached hydrogen (secondary N) is 1. The minimum absolute atomic E-state index is 0.151. The zero-order valence-electron chi connectivity index (χ0n) is 11.1. The zero-order chi connectivity index (χ0) is 14.5. The van der Waals surface area contributed by atoms with Gasteiger partial charge < -0.3 is 10.4 Å². The molecule has 2 rings (SSSR count). The van der Waals surface area contributed by atoms with Crippen LogP contribution < -0.4 is 5.32 Å². The summed E-state index contributed by atoms with van der Waals surface area (Å²) < 4.78 is 27.3. The third-order valence-electron chi connectivity index (χ3n) is 3.03. The van der Waals surface area contributed by atoms with Crippen LogP contribution in [0.1, 0.15) is 22.9 Å². The van der Waals surface area contributed by atoms with Crippen LogP contribution in [-0.2, 0) is 6.54 Å². The Bertz CT molecular complexity index is 552. The maximum absolute atomic E-state index is 13.7. The lowest BCUT2D eigenvalue weighted by molar-refractivity contribution is 0.237. The molecule has 2 N–H and O–H groups in total. The van der Waals surface area contributed by atoms with Crippen LogP contribution in [0.15, 0.2) is 36.5 Å². The number of halogens is 2. The van der Waals surface area contributed by atoms with Gasteiger partial charge in [-0.3, -0.25) is 4.98 Å². The van der Waals surface area contributed by atoms with Crippen molar-refractivity contribution in [2.45, 2.75) is 19.5 Å². The summed E-state index contributed by atoms with van der Waals surface area (Å²) in [5.41, 5.74) is 1.63. The molecule has 1 aromatic heterocycles. The van der Waals surface area contributed by atoms with Gasteiger partial charge in [0.2, 0.25) is 0 Å². The van der Waals surface area contributed by atoms with Crippen LogP contribution in [0.3, 0.4) is 0 Å². The number of nitrogens with zero attached hydrogens (tertiary/aromatic N) is 1. The summed E-state index contributed by atoms with van der Waals surface area (Å²) in [5.74, 6) is -1.35. The number of aromatic nitrogens is 1. The maximum Gasteiger partial charge on any atom is 0.131 e. The van der Waals surface area contributed by atoms with Gasteiger partial charge in [-0.05, 0) is 30.7 Å². The maximum atomic E-state index is 13.7. The van der Waals surface area contributed by atoms with E-state index in [0.717, 1.165) is 11.3 Å². The molecule has 106 valence electrons. The molecule has 3 nitrogen and oxygen atoms in total. The standard InChI is InChI=1S/C15H16F2N2O/c1-10-5-6-11(18-7-10)8-19-14(9-20)15-12(16)3-2-4-13(15)17/h2-7,14,19-20H,8-9H2,1H3/t14-/m1/s1. The van der Waals surface area contributed by atoms with Crippen LogP contribution >= 0.6 is 0 Å². The number of hydrogen-bond acceptors (Lipinski definition) is 3. The molecule has 0 spiro atoms. The fraction of sp³-hybridized carbons (Fsp3) is 0.267. The molecular weight excluding hydrogens is 262 g/mol. The van der Waals surface area contributed by atoms with Crippen molar-refractivity contribution in [2.24, 2.45) is 0 Å². The first-order valence-corrected chi connectivity index (χ1v) is 6.31. The first kappa shape index (κ1) is 14.6. The molecule has 1 atom stereocenters. The minimum atomic E-state index is -0.806. The number of hydrogen-bond donors (Lipinski definition) is 2. The Kier molecular flexibility index (Phi) is 4.76. The van der Waals surface area contributed by atoms with Gasteiger partial charge in [0.15, 0.2) is 0 Å². The zero-order valence-corrected chi connectivity index (χ0v) is 11.1. The molecule has 0 aliphatic carbocycles. The van der Waals surface area contributed by atoms with Gasteiger partial charge in [0, 0.05) is 18.3 Å². The molecule has 1 aromatic carbocycles. The molecule has 5 heteroatoms. The molecule has 0 saturated heterocycles. The van der Waals surface area contributed by atoms with E-state index < -0.39 is 24.3 Å². The first-order chi connectivity index (χ1) is 9.61. The van der Waals surface area contributed by atoms with E-state index in [2.05, 4.69) is 10.3 Å². The van der Waals surface area contributed by atoms with Crippen molar-refractivity contribution in [3.05, 3.63) is 65.0 Å². The highest BCUT2D eigenvalue weighted by Crippen LogP contribution is 2.20. The molecule has 2 aromatic rings. The molecule has 0 unspecified atom stereocenters. The smallest absolute Gasteiger partial charge is 0.131 e. The van der Waals surface area contributed by atoms with E-state index in [0.29, 0.717) is 6.54 Å². The van der Waals surface area contributed by atoms with E-state index in [-0.39, 0.29) is 5.56 Å². The van der Waals surface area contributed by atoms with Gasteiger partial charge >= 0.3 is 0 Å². The second-order valence-electron chi connectivity index (χ2n) is 4.58. The lowest BCUT2D eigenvalue weighted by Crippen LogP contribution is -2.26. The normalized spacial score (nSPS) is 12.4. The van der Waals surface area contributed by atoms with Crippen molar-refractivity contribution in [3.63, 3.8) is 0 Å². The summed E-state index contributed by atoms with van der Waals surface area (Å²) in [6.45, 7) is 1.85. The van der Waals surface area contributed by atoms with Gasteiger partial charge in [0.25, 0.3) is 0 Å². The van der Waals surface area contributed by atoms with E-state index in [4.69, 9.17) is 0 Å². The van der Waals surface area contributed by atoms with Crippen molar-refractivity contribution in [1.29, 1.82) is 0 Å². The topological polar surface area (TPSA) is 45.1 Å². The third-order valence-corrected chi connectivity index (χ3v) is 3.03. The Morgan fingerprint density at radius 1 is 1.20 bits per heavy atom. The van der Waals surface area contributed by atoms with E-state index in [1.165, 1.54) is 18.2 Å². The highest BCUT2D eigenvalue weighted by Gasteiger charge is 2.18. The molecule has 0 fully saturated rings. The number of benzene rings is 1. The Labute approximate surface area is 116 Å². The quantitative estimate of drug-likeness (QED) is 0.883. The molecule has 0 aliphatic rings. The molecule has 0 saturated carbocycles. The predicted octanol–water partition coefficient (Wildman–Crippen LogP) is 2.49. The largest absolute Gasteiger partial charge is 0.394 e.